The van der Waals surface area contributed by atoms with E-state index in [0.29, 0.717) is 0 Å². The summed E-state index contributed by atoms with van der Waals surface area (Å²) in [5, 5.41) is 24.7. The number of carboxylic acid groups (broad SMARTS) is 2. The summed E-state index contributed by atoms with van der Waals surface area (Å²) in [7, 11) is 0. The predicted molar refractivity (Wildman–Crippen MR) is 122 cm³/mol. The van der Waals surface area contributed by atoms with E-state index in [1.165, 1.54) is 0 Å². The van der Waals surface area contributed by atoms with E-state index in [4.69, 9.17) is 21.7 Å². The van der Waals surface area contributed by atoms with E-state index in [-0.39, 0.29) is 6.42 Å². The minimum atomic E-state index is -1.80. The molecule has 35 heavy (non-hydrogen) atoms. The Labute approximate surface area is 201 Å². The molecule has 13 nitrogen and oxygen atoms in total. The quantitative estimate of drug-likeness (QED) is 0.153. The number of primary amides is 1. The highest BCUT2D eigenvalue weighted by Crippen LogP contribution is 2.07. The molecule has 0 spiro atoms. The molecule has 4 atom stereocenters. The van der Waals surface area contributed by atoms with Gasteiger partial charge in [-0.2, -0.15) is 0 Å². The molecular weight excluding hydrogens is 462 g/mol. The highest BCUT2D eigenvalue weighted by atomic mass is 16.4. The van der Waals surface area contributed by atoms with Gasteiger partial charge in [-0.3, -0.25) is 24.0 Å². The summed E-state index contributed by atoms with van der Waals surface area (Å²) in [6, 6.07) is 3.45. The van der Waals surface area contributed by atoms with Crippen LogP contribution in [0.2, 0.25) is 0 Å². The standard InChI is InChI=1S/C22H31N5O8/c1-11(2)18(27-19(31)13(23)8-12-6-4-3-5-7-12)21(33)25-14(9-16(24)28)20(32)26-15(22(34)35)10-17(29)30/h3-7,11,13-15,18H,8-10,23H2,1-2H3,(H2,24,28)(H,25,33)(H,26,32)(H,27,31)(H,29,30)(H,34,35)/t13-,14-,15-,18-/m0/s1. The lowest BCUT2D eigenvalue weighted by molar-refractivity contribution is -0.147. The molecule has 0 saturated carbocycles. The number of nitrogens with two attached hydrogens (primary N) is 2. The Morgan fingerprint density at radius 2 is 1.40 bits per heavy atom. The molecule has 192 valence electrons. The zero-order chi connectivity index (χ0) is 26.7. The van der Waals surface area contributed by atoms with Crippen molar-refractivity contribution in [1.29, 1.82) is 0 Å². The lowest BCUT2D eigenvalue weighted by atomic mass is 10.0. The number of amides is 4. The van der Waals surface area contributed by atoms with Crippen LogP contribution in [0.15, 0.2) is 30.3 Å². The van der Waals surface area contributed by atoms with Crippen molar-refractivity contribution in [1.82, 2.24) is 16.0 Å². The van der Waals surface area contributed by atoms with Crippen LogP contribution in [0.3, 0.4) is 0 Å². The SMILES string of the molecule is CC(C)[C@H](NC(=O)[C@@H](N)Cc1ccccc1)C(=O)N[C@@H](CC(N)=O)C(=O)N[C@@H](CC(=O)O)C(=O)O. The lowest BCUT2D eigenvalue weighted by Crippen LogP contribution is -2.59. The van der Waals surface area contributed by atoms with Gasteiger partial charge in [0.25, 0.3) is 0 Å². The molecule has 1 rings (SSSR count). The molecule has 0 fully saturated rings. The third kappa shape index (κ3) is 10.2. The number of rotatable bonds is 14. The summed E-state index contributed by atoms with van der Waals surface area (Å²) >= 11 is 0. The van der Waals surface area contributed by atoms with Gasteiger partial charge in [0.1, 0.15) is 18.1 Å². The van der Waals surface area contributed by atoms with Crippen molar-refractivity contribution in [3.63, 3.8) is 0 Å². The highest BCUT2D eigenvalue weighted by Gasteiger charge is 2.33. The fraction of sp³-hybridized carbons (Fsp3) is 0.455. The van der Waals surface area contributed by atoms with Gasteiger partial charge >= 0.3 is 11.9 Å². The van der Waals surface area contributed by atoms with Gasteiger partial charge in [-0.05, 0) is 17.9 Å². The lowest BCUT2D eigenvalue weighted by Gasteiger charge is -2.26. The summed E-state index contributed by atoms with van der Waals surface area (Å²) in [5.74, 6) is -7.13. The van der Waals surface area contributed by atoms with E-state index in [0.717, 1.165) is 5.56 Å². The molecule has 1 aromatic carbocycles. The van der Waals surface area contributed by atoms with Crippen molar-refractivity contribution >= 4 is 35.6 Å². The molecule has 1 aromatic rings. The van der Waals surface area contributed by atoms with Crippen molar-refractivity contribution in [2.45, 2.75) is 57.3 Å². The van der Waals surface area contributed by atoms with Crippen LogP contribution in [0.1, 0.15) is 32.3 Å². The first-order valence-electron chi connectivity index (χ1n) is 10.7. The predicted octanol–water partition coefficient (Wildman–Crippen LogP) is -1.90. The van der Waals surface area contributed by atoms with Crippen LogP contribution in [0.25, 0.3) is 0 Å². The normalized spacial score (nSPS) is 14.2. The van der Waals surface area contributed by atoms with Gasteiger partial charge < -0.3 is 37.6 Å². The maximum absolute atomic E-state index is 12.9. The van der Waals surface area contributed by atoms with E-state index in [1.807, 2.05) is 11.4 Å². The van der Waals surface area contributed by atoms with Crippen LogP contribution >= 0.6 is 0 Å². The fourth-order valence-corrected chi connectivity index (χ4v) is 3.07. The maximum Gasteiger partial charge on any atom is 0.326 e. The zero-order valence-corrected chi connectivity index (χ0v) is 19.4. The number of hydrogen-bond donors (Lipinski definition) is 7. The smallest absolute Gasteiger partial charge is 0.326 e. The summed E-state index contributed by atoms with van der Waals surface area (Å²) in [5.41, 5.74) is 11.9. The summed E-state index contributed by atoms with van der Waals surface area (Å²) in [6.45, 7) is 3.26. The van der Waals surface area contributed by atoms with Gasteiger partial charge in [0.15, 0.2) is 0 Å². The largest absolute Gasteiger partial charge is 0.481 e. The molecule has 0 aliphatic heterocycles. The Hall–Kier alpha value is -4.00. The Balaban J connectivity index is 2.93. The topological polar surface area (TPSA) is 231 Å². The molecule has 0 aliphatic carbocycles. The monoisotopic (exact) mass is 493 g/mol. The Bertz CT molecular complexity index is 937. The van der Waals surface area contributed by atoms with E-state index < -0.39 is 78.5 Å². The summed E-state index contributed by atoms with van der Waals surface area (Å²) in [4.78, 5) is 71.5. The minimum Gasteiger partial charge on any atom is -0.481 e. The molecule has 4 amide bonds. The van der Waals surface area contributed by atoms with Crippen molar-refractivity contribution < 1.29 is 39.0 Å². The van der Waals surface area contributed by atoms with Crippen LogP contribution in [0.5, 0.6) is 0 Å². The molecule has 0 radical (unpaired) electrons. The first kappa shape index (κ1) is 29.0. The average molecular weight is 494 g/mol. The van der Waals surface area contributed by atoms with E-state index in [9.17, 15) is 28.8 Å². The van der Waals surface area contributed by atoms with Gasteiger partial charge in [0.2, 0.25) is 23.6 Å². The van der Waals surface area contributed by atoms with Gasteiger partial charge in [-0.1, -0.05) is 44.2 Å². The van der Waals surface area contributed by atoms with Crippen LogP contribution in [-0.4, -0.2) is 69.9 Å². The van der Waals surface area contributed by atoms with Crippen LogP contribution in [-0.2, 0) is 35.2 Å². The fourth-order valence-electron chi connectivity index (χ4n) is 3.07. The molecule has 13 heteroatoms. The number of nitrogens with one attached hydrogen (secondary N) is 3. The van der Waals surface area contributed by atoms with E-state index in [1.54, 1.807) is 38.1 Å². The summed E-state index contributed by atoms with van der Waals surface area (Å²) in [6.07, 6.45) is -1.41. The first-order chi connectivity index (χ1) is 16.3. The number of carbonyl (C=O) groups is 6. The Morgan fingerprint density at radius 3 is 1.89 bits per heavy atom. The molecular formula is C22H31N5O8. The number of carboxylic acids is 2. The molecule has 0 saturated heterocycles. The summed E-state index contributed by atoms with van der Waals surface area (Å²) < 4.78 is 0. The Morgan fingerprint density at radius 1 is 0.829 bits per heavy atom. The van der Waals surface area contributed by atoms with Crippen LogP contribution in [0, 0.1) is 5.92 Å². The molecule has 9 N–H and O–H groups in total. The minimum absolute atomic E-state index is 0.214. The second kappa shape index (κ2) is 13.6. The number of carbonyl (C=O) groups excluding carboxylic acids is 4. The van der Waals surface area contributed by atoms with Crippen molar-refractivity contribution in [2.75, 3.05) is 0 Å². The zero-order valence-electron chi connectivity index (χ0n) is 19.4. The van der Waals surface area contributed by atoms with Gasteiger partial charge in [0.05, 0.1) is 18.9 Å². The third-order valence-corrected chi connectivity index (χ3v) is 4.91. The third-order valence-electron chi connectivity index (χ3n) is 4.91. The van der Waals surface area contributed by atoms with Gasteiger partial charge in [-0.25, -0.2) is 4.79 Å². The number of hydrogen-bond acceptors (Lipinski definition) is 7. The maximum atomic E-state index is 12.9. The number of aliphatic carboxylic acids is 2. The second-order valence-corrected chi connectivity index (χ2v) is 8.26. The molecule has 0 aliphatic rings. The van der Waals surface area contributed by atoms with E-state index >= 15 is 0 Å². The van der Waals surface area contributed by atoms with E-state index in [2.05, 4.69) is 10.6 Å². The molecule has 0 aromatic heterocycles. The first-order valence-corrected chi connectivity index (χ1v) is 10.7. The van der Waals surface area contributed by atoms with Crippen LogP contribution in [0.4, 0.5) is 0 Å². The van der Waals surface area contributed by atoms with Crippen LogP contribution < -0.4 is 27.4 Å². The van der Waals surface area contributed by atoms with Gasteiger partial charge in [-0.15, -0.1) is 0 Å². The molecule has 0 heterocycles. The van der Waals surface area contributed by atoms with Crippen molar-refractivity contribution in [3.8, 4) is 0 Å². The molecule has 0 bridgehead atoms. The van der Waals surface area contributed by atoms with Crippen molar-refractivity contribution in [2.24, 2.45) is 17.4 Å². The average Bonchev–Trinajstić information content (AvgIpc) is 2.75. The second-order valence-electron chi connectivity index (χ2n) is 8.26. The molecule has 0 unspecified atom stereocenters. The van der Waals surface area contributed by atoms with Crippen molar-refractivity contribution in [3.05, 3.63) is 35.9 Å². The van der Waals surface area contributed by atoms with Gasteiger partial charge in [0, 0.05) is 0 Å². The highest BCUT2D eigenvalue weighted by molar-refractivity contribution is 5.96. The Kier molecular flexibility index (Phi) is 11.3. The number of benzene rings is 1.